The average Bonchev–Trinajstić information content (AvgIpc) is 2.75. The van der Waals surface area contributed by atoms with Gasteiger partial charge in [-0.1, -0.05) is 18.5 Å². The minimum atomic E-state index is -1.26. The molecule has 0 radical (unpaired) electrons. The van der Waals surface area contributed by atoms with Gasteiger partial charge in [-0.05, 0) is 17.7 Å². The van der Waals surface area contributed by atoms with Crippen molar-refractivity contribution in [3.05, 3.63) is 28.3 Å². The van der Waals surface area contributed by atoms with Crippen molar-refractivity contribution >= 4 is 28.4 Å². The second kappa shape index (κ2) is 5.92. The minimum Gasteiger partial charge on any atom is -0.493 e. The summed E-state index contributed by atoms with van der Waals surface area (Å²) in [6.07, 6.45) is 0.705. The summed E-state index contributed by atoms with van der Waals surface area (Å²) in [4.78, 5) is 10.6. The molecule has 1 aromatic rings. The van der Waals surface area contributed by atoms with Crippen molar-refractivity contribution in [2.24, 2.45) is 0 Å². The molecule has 104 valence electrons. The minimum absolute atomic E-state index is 0.101. The van der Waals surface area contributed by atoms with Crippen LogP contribution in [0.2, 0.25) is 5.02 Å². The van der Waals surface area contributed by atoms with E-state index in [4.69, 9.17) is 21.4 Å². The maximum absolute atomic E-state index is 12.1. The molecule has 2 atom stereocenters. The Morgan fingerprint density at radius 3 is 3.00 bits per heavy atom. The standard InChI is InChI=1S/C13H15ClO4S/c1-8(4-12(15)16)19(17)7-10-6-11(14)5-9-2-3-18-13(9)10/h5-6,8H,2-4,7H2,1H3,(H,15,16). The van der Waals surface area contributed by atoms with E-state index < -0.39 is 22.0 Å². The molecule has 1 heterocycles. The van der Waals surface area contributed by atoms with Crippen LogP contribution in [0, 0.1) is 0 Å². The Labute approximate surface area is 119 Å². The number of benzene rings is 1. The molecule has 1 aliphatic heterocycles. The van der Waals surface area contributed by atoms with Gasteiger partial charge >= 0.3 is 5.97 Å². The van der Waals surface area contributed by atoms with E-state index in [0.29, 0.717) is 11.6 Å². The summed E-state index contributed by atoms with van der Waals surface area (Å²) in [5, 5.41) is 8.92. The quantitative estimate of drug-likeness (QED) is 0.907. The lowest BCUT2D eigenvalue weighted by molar-refractivity contribution is -0.136. The molecule has 0 fully saturated rings. The first-order chi connectivity index (χ1) is 8.97. The van der Waals surface area contributed by atoms with E-state index in [2.05, 4.69) is 0 Å². The monoisotopic (exact) mass is 302 g/mol. The zero-order valence-corrected chi connectivity index (χ0v) is 12.1. The molecule has 0 aliphatic carbocycles. The highest BCUT2D eigenvalue weighted by Gasteiger charge is 2.21. The van der Waals surface area contributed by atoms with Crippen molar-refractivity contribution < 1.29 is 18.8 Å². The lowest BCUT2D eigenvalue weighted by Crippen LogP contribution is -2.17. The van der Waals surface area contributed by atoms with Crippen LogP contribution in [0.3, 0.4) is 0 Å². The van der Waals surface area contributed by atoms with Crippen LogP contribution in [-0.4, -0.2) is 27.1 Å². The molecule has 6 heteroatoms. The normalized spacial score (nSPS) is 16.5. The Hall–Kier alpha value is -1.07. The Balaban J connectivity index is 2.15. The zero-order valence-electron chi connectivity index (χ0n) is 10.5. The Morgan fingerprint density at radius 1 is 1.58 bits per heavy atom. The van der Waals surface area contributed by atoms with Crippen LogP contribution < -0.4 is 4.74 Å². The molecule has 1 aromatic carbocycles. The molecular weight excluding hydrogens is 288 g/mol. The second-order valence-corrected chi connectivity index (χ2v) is 6.88. The molecule has 1 N–H and O–H groups in total. The highest BCUT2D eigenvalue weighted by molar-refractivity contribution is 7.84. The maximum atomic E-state index is 12.1. The summed E-state index contributed by atoms with van der Waals surface area (Å²) in [6, 6.07) is 3.61. The van der Waals surface area contributed by atoms with Crippen molar-refractivity contribution in [1.82, 2.24) is 0 Å². The van der Waals surface area contributed by atoms with E-state index in [1.807, 2.05) is 6.07 Å². The molecule has 0 aromatic heterocycles. The van der Waals surface area contributed by atoms with Crippen molar-refractivity contribution in [2.75, 3.05) is 6.61 Å². The van der Waals surface area contributed by atoms with Crippen LogP contribution in [0.4, 0.5) is 0 Å². The lowest BCUT2D eigenvalue weighted by atomic mass is 10.1. The predicted molar refractivity (Wildman–Crippen MR) is 74.2 cm³/mol. The highest BCUT2D eigenvalue weighted by Crippen LogP contribution is 2.33. The summed E-state index contributed by atoms with van der Waals surface area (Å²) in [5.74, 6) is 0.103. The molecule has 1 aliphatic rings. The number of carboxylic acid groups (broad SMARTS) is 1. The number of halogens is 1. The van der Waals surface area contributed by atoms with Crippen LogP contribution in [0.5, 0.6) is 5.75 Å². The van der Waals surface area contributed by atoms with E-state index in [1.54, 1.807) is 13.0 Å². The Bertz CT molecular complexity index is 530. The van der Waals surface area contributed by atoms with Crippen molar-refractivity contribution in [3.63, 3.8) is 0 Å². The summed E-state index contributed by atoms with van der Waals surface area (Å²) < 4.78 is 17.6. The molecule has 0 amide bonds. The molecule has 0 bridgehead atoms. The zero-order chi connectivity index (χ0) is 14.0. The van der Waals surface area contributed by atoms with Gasteiger partial charge in [0.05, 0.1) is 18.8 Å². The number of carbonyl (C=O) groups is 1. The van der Waals surface area contributed by atoms with E-state index in [-0.39, 0.29) is 12.2 Å². The third-order valence-corrected chi connectivity index (χ3v) is 4.91. The third kappa shape index (κ3) is 3.48. The molecule has 2 rings (SSSR count). The first-order valence-electron chi connectivity index (χ1n) is 6.00. The van der Waals surface area contributed by atoms with Crippen LogP contribution in [0.25, 0.3) is 0 Å². The molecule has 0 spiro atoms. The summed E-state index contributed by atoms with van der Waals surface area (Å²) >= 11 is 6.03. The predicted octanol–water partition coefficient (Wildman–Crippen LogP) is 2.39. The van der Waals surface area contributed by atoms with Crippen LogP contribution >= 0.6 is 11.6 Å². The number of hydrogen-bond acceptors (Lipinski definition) is 3. The van der Waals surface area contributed by atoms with Gasteiger partial charge in [0, 0.05) is 33.1 Å². The largest absolute Gasteiger partial charge is 0.493 e. The Morgan fingerprint density at radius 2 is 2.32 bits per heavy atom. The SMILES string of the molecule is CC(CC(=O)O)S(=O)Cc1cc(Cl)cc2c1OCC2. The van der Waals surface area contributed by atoms with Gasteiger partial charge in [0.15, 0.2) is 0 Å². The van der Waals surface area contributed by atoms with E-state index in [0.717, 1.165) is 23.3 Å². The number of ether oxygens (including phenoxy) is 1. The van der Waals surface area contributed by atoms with Gasteiger partial charge in [0.25, 0.3) is 0 Å². The van der Waals surface area contributed by atoms with Crippen LogP contribution in [0.1, 0.15) is 24.5 Å². The first-order valence-corrected chi connectivity index (χ1v) is 7.76. The number of hydrogen-bond donors (Lipinski definition) is 1. The second-order valence-electron chi connectivity index (χ2n) is 4.59. The molecule has 0 saturated carbocycles. The van der Waals surface area contributed by atoms with Gasteiger partial charge in [-0.15, -0.1) is 0 Å². The molecule has 4 nitrogen and oxygen atoms in total. The van der Waals surface area contributed by atoms with E-state index in [1.165, 1.54) is 0 Å². The first kappa shape index (κ1) is 14.3. The molecule has 19 heavy (non-hydrogen) atoms. The fraction of sp³-hybridized carbons (Fsp3) is 0.462. The van der Waals surface area contributed by atoms with E-state index >= 15 is 0 Å². The fourth-order valence-electron chi connectivity index (χ4n) is 2.09. The van der Waals surface area contributed by atoms with Gasteiger partial charge < -0.3 is 9.84 Å². The number of fused-ring (bicyclic) bond motifs is 1. The molecule has 2 unspecified atom stereocenters. The molecule has 0 saturated heterocycles. The number of aliphatic carboxylic acids is 1. The van der Waals surface area contributed by atoms with Crippen LogP contribution in [0.15, 0.2) is 12.1 Å². The fourth-order valence-corrected chi connectivity index (χ4v) is 3.48. The summed E-state index contributed by atoms with van der Waals surface area (Å²) in [6.45, 7) is 2.29. The highest BCUT2D eigenvalue weighted by atomic mass is 35.5. The summed E-state index contributed by atoms with van der Waals surface area (Å²) in [5.41, 5.74) is 1.83. The van der Waals surface area contributed by atoms with Gasteiger partial charge in [-0.3, -0.25) is 9.00 Å². The third-order valence-electron chi connectivity index (χ3n) is 3.03. The molecular formula is C13H15ClO4S. The van der Waals surface area contributed by atoms with Crippen molar-refractivity contribution in [2.45, 2.75) is 30.8 Å². The average molecular weight is 303 g/mol. The van der Waals surface area contributed by atoms with Gasteiger partial charge in [0.1, 0.15) is 5.75 Å². The van der Waals surface area contributed by atoms with E-state index in [9.17, 15) is 9.00 Å². The van der Waals surface area contributed by atoms with Gasteiger partial charge in [0.2, 0.25) is 0 Å². The lowest BCUT2D eigenvalue weighted by Gasteiger charge is -2.12. The summed E-state index contributed by atoms with van der Waals surface area (Å²) in [7, 11) is -1.26. The smallest absolute Gasteiger partial charge is 0.304 e. The number of rotatable bonds is 5. The van der Waals surface area contributed by atoms with Crippen molar-refractivity contribution in [1.29, 1.82) is 0 Å². The Kier molecular flexibility index (Phi) is 4.47. The topological polar surface area (TPSA) is 63.6 Å². The van der Waals surface area contributed by atoms with Crippen molar-refractivity contribution in [3.8, 4) is 5.75 Å². The van der Waals surface area contributed by atoms with Gasteiger partial charge in [-0.25, -0.2) is 0 Å². The van der Waals surface area contributed by atoms with Crippen LogP contribution in [-0.2, 0) is 27.8 Å². The van der Waals surface area contributed by atoms with Gasteiger partial charge in [-0.2, -0.15) is 0 Å². The number of carboxylic acids is 1. The maximum Gasteiger partial charge on any atom is 0.304 e.